The van der Waals surface area contributed by atoms with Crippen molar-refractivity contribution < 1.29 is 14.5 Å². The molecule has 0 fully saturated rings. The molecule has 0 aliphatic carbocycles. The maximum absolute atomic E-state index is 12.2. The third-order valence-electron chi connectivity index (χ3n) is 4.29. The van der Waals surface area contributed by atoms with Gasteiger partial charge in [0.25, 0.3) is 5.69 Å². The van der Waals surface area contributed by atoms with Gasteiger partial charge in [-0.3, -0.25) is 19.7 Å². The first kappa shape index (κ1) is 20.9. The van der Waals surface area contributed by atoms with Crippen LogP contribution in [0, 0.1) is 10.1 Å². The predicted molar refractivity (Wildman–Crippen MR) is 118 cm³/mol. The summed E-state index contributed by atoms with van der Waals surface area (Å²) < 4.78 is 0. The number of carbonyl (C=O) groups excluding carboxylic acids is 2. The Morgan fingerprint density at radius 3 is 1.83 bits per heavy atom. The largest absolute Gasteiger partial charge is 0.289 e. The summed E-state index contributed by atoms with van der Waals surface area (Å²) in [5.41, 5.74) is 2.38. The van der Waals surface area contributed by atoms with Crippen LogP contribution in [0.5, 0.6) is 0 Å². The van der Waals surface area contributed by atoms with Gasteiger partial charge in [0.2, 0.25) is 0 Å². The van der Waals surface area contributed by atoms with Crippen molar-refractivity contribution in [2.24, 2.45) is 0 Å². The van der Waals surface area contributed by atoms with Crippen LogP contribution in [0.15, 0.2) is 84.9 Å². The van der Waals surface area contributed by atoms with Gasteiger partial charge in [-0.25, -0.2) is 0 Å². The van der Waals surface area contributed by atoms with E-state index >= 15 is 0 Å². The molecule has 0 aliphatic heterocycles. The van der Waals surface area contributed by atoms with Gasteiger partial charge in [0.15, 0.2) is 11.6 Å². The van der Waals surface area contributed by atoms with Crippen LogP contribution < -0.4 is 0 Å². The lowest BCUT2D eigenvalue weighted by Crippen LogP contribution is -1.95. The molecular weight excluding hydrogens is 402 g/mol. The zero-order valence-electron chi connectivity index (χ0n) is 15.7. The van der Waals surface area contributed by atoms with Crippen LogP contribution in [0.1, 0.15) is 31.8 Å². The van der Waals surface area contributed by atoms with Gasteiger partial charge >= 0.3 is 0 Å². The topological polar surface area (TPSA) is 77.3 Å². The molecule has 0 saturated heterocycles. The number of ketones is 2. The van der Waals surface area contributed by atoms with Crippen molar-refractivity contribution in [1.29, 1.82) is 0 Å². The fourth-order valence-electron chi connectivity index (χ4n) is 2.66. The number of non-ortho nitro benzene ring substituents is 1. The SMILES string of the molecule is O=C(/C=C/c1ccc(/C=C/C(=O)c2ccccc2Cl)cc1)c1ccc([N+](=O)[O-])cc1. The van der Waals surface area contributed by atoms with Gasteiger partial charge in [-0.05, 0) is 47.5 Å². The molecule has 30 heavy (non-hydrogen) atoms. The first-order chi connectivity index (χ1) is 14.4. The normalized spacial score (nSPS) is 11.1. The average molecular weight is 418 g/mol. The van der Waals surface area contributed by atoms with Crippen molar-refractivity contribution in [3.63, 3.8) is 0 Å². The monoisotopic (exact) mass is 417 g/mol. The molecule has 0 amide bonds. The van der Waals surface area contributed by atoms with Crippen molar-refractivity contribution in [3.8, 4) is 0 Å². The number of nitro groups is 1. The Bertz CT molecular complexity index is 1150. The molecule has 0 unspecified atom stereocenters. The van der Waals surface area contributed by atoms with Gasteiger partial charge in [0.05, 0.1) is 9.95 Å². The molecule has 0 radical (unpaired) electrons. The van der Waals surface area contributed by atoms with Crippen LogP contribution in [-0.2, 0) is 0 Å². The van der Waals surface area contributed by atoms with E-state index in [2.05, 4.69) is 0 Å². The Labute approximate surface area is 178 Å². The second-order valence-electron chi connectivity index (χ2n) is 6.35. The number of halogens is 1. The van der Waals surface area contributed by atoms with E-state index in [9.17, 15) is 19.7 Å². The number of nitrogens with zero attached hydrogens (tertiary/aromatic N) is 1. The van der Waals surface area contributed by atoms with E-state index in [0.29, 0.717) is 16.1 Å². The van der Waals surface area contributed by atoms with Crippen LogP contribution in [-0.4, -0.2) is 16.5 Å². The Balaban J connectivity index is 1.64. The fourth-order valence-corrected chi connectivity index (χ4v) is 2.89. The third kappa shape index (κ3) is 5.37. The standard InChI is InChI=1S/C24H16ClNO4/c25-22-4-2-1-3-21(22)24(28)16-10-18-7-5-17(6-8-18)9-15-23(27)19-11-13-20(14-12-19)26(29)30/h1-16H/b15-9+,16-10+. The lowest BCUT2D eigenvalue weighted by molar-refractivity contribution is -0.384. The highest BCUT2D eigenvalue weighted by molar-refractivity contribution is 6.34. The van der Waals surface area contributed by atoms with E-state index in [4.69, 9.17) is 11.6 Å². The highest BCUT2D eigenvalue weighted by Crippen LogP contribution is 2.17. The molecule has 0 heterocycles. The van der Waals surface area contributed by atoms with E-state index in [-0.39, 0.29) is 17.3 Å². The summed E-state index contributed by atoms with van der Waals surface area (Å²) in [4.78, 5) is 34.6. The second-order valence-corrected chi connectivity index (χ2v) is 6.75. The van der Waals surface area contributed by atoms with Gasteiger partial charge in [-0.15, -0.1) is 0 Å². The van der Waals surface area contributed by atoms with Gasteiger partial charge in [0.1, 0.15) is 0 Å². The number of nitro benzene ring substituents is 1. The minimum absolute atomic E-state index is 0.0628. The maximum Gasteiger partial charge on any atom is 0.269 e. The molecule has 0 aliphatic rings. The number of hydrogen-bond acceptors (Lipinski definition) is 4. The zero-order chi connectivity index (χ0) is 21.5. The summed E-state index contributed by atoms with van der Waals surface area (Å²) in [7, 11) is 0. The third-order valence-corrected chi connectivity index (χ3v) is 4.62. The minimum Gasteiger partial charge on any atom is -0.289 e. The molecule has 6 heteroatoms. The van der Waals surface area contributed by atoms with Crippen molar-refractivity contribution in [3.05, 3.63) is 122 Å². The number of rotatable bonds is 7. The molecule has 0 aromatic heterocycles. The van der Waals surface area contributed by atoms with Crippen molar-refractivity contribution in [2.45, 2.75) is 0 Å². The van der Waals surface area contributed by atoms with Crippen LogP contribution in [0.3, 0.4) is 0 Å². The first-order valence-corrected chi connectivity index (χ1v) is 9.36. The Morgan fingerprint density at radius 2 is 1.30 bits per heavy atom. The number of benzene rings is 3. The molecule has 0 saturated carbocycles. The highest BCUT2D eigenvalue weighted by atomic mass is 35.5. The van der Waals surface area contributed by atoms with Crippen LogP contribution >= 0.6 is 11.6 Å². The summed E-state index contributed by atoms with van der Waals surface area (Å²) in [5, 5.41) is 11.1. The second kappa shape index (κ2) is 9.58. The minimum atomic E-state index is -0.512. The van der Waals surface area contributed by atoms with E-state index in [0.717, 1.165) is 11.1 Å². The Hall–Kier alpha value is -3.83. The summed E-state index contributed by atoms with van der Waals surface area (Å²) in [6.07, 6.45) is 6.23. The highest BCUT2D eigenvalue weighted by Gasteiger charge is 2.07. The number of hydrogen-bond donors (Lipinski definition) is 0. The number of carbonyl (C=O) groups is 2. The van der Waals surface area contributed by atoms with Gasteiger partial charge < -0.3 is 0 Å². The average Bonchev–Trinajstić information content (AvgIpc) is 2.77. The predicted octanol–water partition coefficient (Wildman–Crippen LogP) is 6.04. The molecule has 0 bridgehead atoms. The van der Waals surface area contributed by atoms with Gasteiger partial charge in [-0.1, -0.05) is 60.2 Å². The summed E-state index contributed by atoms with van der Waals surface area (Å²) >= 11 is 6.03. The zero-order valence-corrected chi connectivity index (χ0v) is 16.5. The molecule has 3 rings (SSSR count). The summed E-state index contributed by atoms with van der Waals surface area (Å²) in [6.45, 7) is 0. The van der Waals surface area contributed by atoms with Gasteiger partial charge in [-0.2, -0.15) is 0 Å². The molecule has 0 spiro atoms. The molecule has 5 nitrogen and oxygen atoms in total. The van der Waals surface area contributed by atoms with E-state index < -0.39 is 4.92 Å². The molecule has 0 N–H and O–H groups in total. The summed E-state index contributed by atoms with van der Waals surface area (Å²) in [6, 6.07) is 19.6. The van der Waals surface area contributed by atoms with E-state index in [1.807, 2.05) is 24.3 Å². The molecular formula is C24H16ClNO4. The quantitative estimate of drug-likeness (QED) is 0.203. The molecule has 3 aromatic rings. The Kier molecular flexibility index (Phi) is 6.67. The van der Waals surface area contributed by atoms with Crippen LogP contribution in [0.4, 0.5) is 5.69 Å². The van der Waals surface area contributed by atoms with Crippen molar-refractivity contribution in [1.82, 2.24) is 0 Å². The van der Waals surface area contributed by atoms with E-state index in [1.54, 1.807) is 36.4 Å². The molecule has 0 atom stereocenters. The molecule has 3 aromatic carbocycles. The maximum atomic E-state index is 12.2. The number of allylic oxidation sites excluding steroid dienone is 2. The van der Waals surface area contributed by atoms with E-state index in [1.165, 1.54) is 36.4 Å². The Morgan fingerprint density at radius 1 is 0.767 bits per heavy atom. The van der Waals surface area contributed by atoms with Gasteiger partial charge in [0, 0.05) is 23.3 Å². The van der Waals surface area contributed by atoms with Crippen molar-refractivity contribution >= 4 is 41.0 Å². The fraction of sp³-hybridized carbons (Fsp3) is 0. The smallest absolute Gasteiger partial charge is 0.269 e. The first-order valence-electron chi connectivity index (χ1n) is 8.98. The van der Waals surface area contributed by atoms with Crippen molar-refractivity contribution in [2.75, 3.05) is 0 Å². The molecule has 148 valence electrons. The van der Waals surface area contributed by atoms with Crippen LogP contribution in [0.2, 0.25) is 5.02 Å². The lowest BCUT2D eigenvalue weighted by Gasteiger charge is -1.99. The summed E-state index contributed by atoms with van der Waals surface area (Å²) in [5.74, 6) is -0.433. The lowest BCUT2D eigenvalue weighted by atomic mass is 10.1. The van der Waals surface area contributed by atoms with Crippen LogP contribution in [0.25, 0.3) is 12.2 Å².